The molecule has 14 heavy (non-hydrogen) atoms. The van der Waals surface area contributed by atoms with Crippen LogP contribution in [0.5, 0.6) is 5.75 Å². The molecule has 0 spiro atoms. The molecule has 0 bridgehead atoms. The summed E-state index contributed by atoms with van der Waals surface area (Å²) in [5, 5.41) is 0. The number of hydrogen-bond donors (Lipinski definition) is 1. The Bertz CT molecular complexity index is 301. The van der Waals surface area contributed by atoms with Crippen LogP contribution in [0.4, 0.5) is 4.39 Å². The van der Waals surface area contributed by atoms with Gasteiger partial charge in [0.1, 0.15) is 11.6 Å². The smallest absolute Gasteiger partial charge is 0.126 e. The first kappa shape index (κ1) is 11.0. The average Bonchev–Trinajstić information content (AvgIpc) is 2.21. The standard InChI is InChI=1S/C11H16FNO/c1-8(7-13)5-9-6-10(14-2)3-4-11(9)12/h3-4,6,8H,5,7,13H2,1-2H3. The summed E-state index contributed by atoms with van der Waals surface area (Å²) in [6.45, 7) is 2.57. The van der Waals surface area contributed by atoms with E-state index in [9.17, 15) is 4.39 Å². The van der Waals surface area contributed by atoms with Crippen molar-refractivity contribution in [1.29, 1.82) is 0 Å². The second kappa shape index (κ2) is 4.96. The SMILES string of the molecule is COc1ccc(F)c(CC(C)CN)c1. The van der Waals surface area contributed by atoms with Gasteiger partial charge in [0.25, 0.3) is 0 Å². The first-order chi connectivity index (χ1) is 6.67. The van der Waals surface area contributed by atoms with E-state index in [4.69, 9.17) is 10.5 Å². The van der Waals surface area contributed by atoms with Gasteiger partial charge in [0.05, 0.1) is 7.11 Å². The van der Waals surface area contributed by atoms with E-state index < -0.39 is 0 Å². The van der Waals surface area contributed by atoms with E-state index in [0.717, 1.165) is 0 Å². The summed E-state index contributed by atoms with van der Waals surface area (Å²) >= 11 is 0. The van der Waals surface area contributed by atoms with Crippen molar-refractivity contribution in [3.63, 3.8) is 0 Å². The minimum Gasteiger partial charge on any atom is -0.497 e. The third kappa shape index (κ3) is 2.70. The molecule has 78 valence electrons. The molecule has 1 aromatic carbocycles. The first-order valence-corrected chi connectivity index (χ1v) is 4.70. The van der Waals surface area contributed by atoms with Crippen LogP contribution in [-0.4, -0.2) is 13.7 Å². The van der Waals surface area contributed by atoms with Gasteiger partial charge in [-0.05, 0) is 42.6 Å². The van der Waals surface area contributed by atoms with Crippen LogP contribution in [0.3, 0.4) is 0 Å². The molecule has 0 amide bonds. The zero-order valence-corrected chi connectivity index (χ0v) is 8.59. The van der Waals surface area contributed by atoms with E-state index in [-0.39, 0.29) is 11.7 Å². The predicted molar refractivity (Wildman–Crippen MR) is 54.9 cm³/mol. The van der Waals surface area contributed by atoms with E-state index in [2.05, 4.69) is 0 Å². The molecular weight excluding hydrogens is 181 g/mol. The highest BCUT2D eigenvalue weighted by molar-refractivity contribution is 5.30. The summed E-state index contributed by atoms with van der Waals surface area (Å²) in [6.07, 6.45) is 0.652. The largest absolute Gasteiger partial charge is 0.497 e. The van der Waals surface area contributed by atoms with Gasteiger partial charge in [-0.3, -0.25) is 0 Å². The Morgan fingerprint density at radius 3 is 2.79 bits per heavy atom. The number of halogens is 1. The zero-order valence-electron chi connectivity index (χ0n) is 8.59. The number of ether oxygens (including phenoxy) is 1. The van der Waals surface area contributed by atoms with Gasteiger partial charge in [-0.25, -0.2) is 4.39 Å². The lowest BCUT2D eigenvalue weighted by Crippen LogP contribution is -2.13. The second-order valence-corrected chi connectivity index (χ2v) is 3.50. The van der Waals surface area contributed by atoms with Gasteiger partial charge >= 0.3 is 0 Å². The Kier molecular flexibility index (Phi) is 3.89. The molecule has 0 aliphatic rings. The van der Waals surface area contributed by atoms with Crippen LogP contribution < -0.4 is 10.5 Å². The quantitative estimate of drug-likeness (QED) is 0.801. The van der Waals surface area contributed by atoms with Crippen molar-refractivity contribution in [3.8, 4) is 5.75 Å². The number of benzene rings is 1. The molecule has 2 nitrogen and oxygen atoms in total. The van der Waals surface area contributed by atoms with Crippen molar-refractivity contribution in [1.82, 2.24) is 0 Å². The molecule has 1 rings (SSSR count). The maximum absolute atomic E-state index is 13.3. The molecule has 0 aliphatic heterocycles. The van der Waals surface area contributed by atoms with Gasteiger partial charge in [0.15, 0.2) is 0 Å². The summed E-state index contributed by atoms with van der Waals surface area (Å²) < 4.78 is 18.3. The number of hydrogen-bond acceptors (Lipinski definition) is 2. The van der Waals surface area contributed by atoms with Crippen molar-refractivity contribution >= 4 is 0 Å². The van der Waals surface area contributed by atoms with Gasteiger partial charge < -0.3 is 10.5 Å². The van der Waals surface area contributed by atoms with Gasteiger partial charge in [-0.1, -0.05) is 6.92 Å². The van der Waals surface area contributed by atoms with Crippen LogP contribution in [0.2, 0.25) is 0 Å². The molecule has 1 atom stereocenters. The average molecular weight is 197 g/mol. The fourth-order valence-corrected chi connectivity index (χ4v) is 1.29. The third-order valence-electron chi connectivity index (χ3n) is 2.22. The zero-order chi connectivity index (χ0) is 10.6. The molecule has 0 aliphatic carbocycles. The predicted octanol–water partition coefficient (Wildman–Crippen LogP) is 1.97. The number of rotatable bonds is 4. The Morgan fingerprint density at radius 1 is 1.50 bits per heavy atom. The topological polar surface area (TPSA) is 35.2 Å². The molecule has 0 saturated heterocycles. The molecule has 0 heterocycles. The second-order valence-electron chi connectivity index (χ2n) is 3.50. The van der Waals surface area contributed by atoms with E-state index in [1.165, 1.54) is 6.07 Å². The fourth-order valence-electron chi connectivity index (χ4n) is 1.29. The van der Waals surface area contributed by atoms with Gasteiger partial charge in [0, 0.05) is 0 Å². The summed E-state index contributed by atoms with van der Waals surface area (Å²) in [5.41, 5.74) is 6.16. The molecule has 0 saturated carbocycles. The lowest BCUT2D eigenvalue weighted by Gasteiger charge is -2.10. The Balaban J connectivity index is 2.83. The van der Waals surface area contributed by atoms with Crippen LogP contribution in [-0.2, 0) is 6.42 Å². The molecular formula is C11H16FNO. The van der Waals surface area contributed by atoms with Crippen LogP contribution >= 0.6 is 0 Å². The van der Waals surface area contributed by atoms with E-state index in [0.29, 0.717) is 24.3 Å². The van der Waals surface area contributed by atoms with Gasteiger partial charge in [-0.2, -0.15) is 0 Å². The monoisotopic (exact) mass is 197 g/mol. The van der Waals surface area contributed by atoms with E-state index >= 15 is 0 Å². The summed E-state index contributed by atoms with van der Waals surface area (Å²) in [5.74, 6) is 0.785. The highest BCUT2D eigenvalue weighted by atomic mass is 19.1. The Hall–Kier alpha value is -1.09. The highest BCUT2D eigenvalue weighted by Gasteiger charge is 2.07. The fraction of sp³-hybridized carbons (Fsp3) is 0.455. The molecule has 2 N–H and O–H groups in total. The summed E-state index contributed by atoms with van der Waals surface area (Å²) in [6, 6.07) is 4.77. The van der Waals surface area contributed by atoms with Crippen molar-refractivity contribution in [2.45, 2.75) is 13.3 Å². The summed E-state index contributed by atoms with van der Waals surface area (Å²) in [7, 11) is 1.57. The molecule has 1 unspecified atom stereocenters. The van der Waals surface area contributed by atoms with Crippen molar-refractivity contribution in [3.05, 3.63) is 29.6 Å². The third-order valence-corrected chi connectivity index (χ3v) is 2.22. The van der Waals surface area contributed by atoms with Gasteiger partial charge in [0.2, 0.25) is 0 Å². The summed E-state index contributed by atoms with van der Waals surface area (Å²) in [4.78, 5) is 0. The number of methoxy groups -OCH3 is 1. The minimum atomic E-state index is -0.189. The molecule has 3 heteroatoms. The van der Waals surface area contributed by atoms with E-state index in [1.807, 2.05) is 6.92 Å². The van der Waals surface area contributed by atoms with Crippen molar-refractivity contribution in [2.24, 2.45) is 11.7 Å². The Labute approximate surface area is 83.9 Å². The van der Waals surface area contributed by atoms with Crippen LogP contribution in [0.15, 0.2) is 18.2 Å². The maximum Gasteiger partial charge on any atom is 0.126 e. The van der Waals surface area contributed by atoms with Crippen molar-refractivity contribution in [2.75, 3.05) is 13.7 Å². The molecule has 0 aromatic heterocycles. The van der Waals surface area contributed by atoms with Crippen LogP contribution in [0, 0.1) is 11.7 Å². The lowest BCUT2D eigenvalue weighted by atomic mass is 10.0. The van der Waals surface area contributed by atoms with Crippen LogP contribution in [0.25, 0.3) is 0 Å². The van der Waals surface area contributed by atoms with Gasteiger partial charge in [-0.15, -0.1) is 0 Å². The minimum absolute atomic E-state index is 0.189. The van der Waals surface area contributed by atoms with E-state index in [1.54, 1.807) is 19.2 Å². The molecule has 0 radical (unpaired) electrons. The normalized spacial score (nSPS) is 12.6. The van der Waals surface area contributed by atoms with Crippen molar-refractivity contribution < 1.29 is 9.13 Å². The number of nitrogens with two attached hydrogens (primary N) is 1. The molecule has 1 aromatic rings. The lowest BCUT2D eigenvalue weighted by molar-refractivity contribution is 0.412. The van der Waals surface area contributed by atoms with Crippen LogP contribution in [0.1, 0.15) is 12.5 Å². The first-order valence-electron chi connectivity index (χ1n) is 4.70. The maximum atomic E-state index is 13.3. The molecule has 0 fully saturated rings. The Morgan fingerprint density at radius 2 is 2.21 bits per heavy atom. The highest BCUT2D eigenvalue weighted by Crippen LogP contribution is 2.19.